The van der Waals surface area contributed by atoms with Crippen molar-refractivity contribution in [2.24, 2.45) is 0 Å². The SMILES string of the molecule is Cc1cc(C)c(OCC(=O)OCc2nc(-c3ccc(F)cc3)no2)c(C)c1. The topological polar surface area (TPSA) is 74.5 Å². The van der Waals surface area contributed by atoms with Gasteiger partial charge in [0.15, 0.2) is 13.2 Å². The van der Waals surface area contributed by atoms with Gasteiger partial charge >= 0.3 is 5.97 Å². The predicted molar refractivity (Wildman–Crippen MR) is 95.6 cm³/mol. The third kappa shape index (κ3) is 4.69. The highest BCUT2D eigenvalue weighted by molar-refractivity contribution is 5.71. The number of aromatic nitrogens is 2. The molecule has 0 aliphatic carbocycles. The number of hydrogen-bond donors (Lipinski definition) is 0. The van der Waals surface area contributed by atoms with E-state index < -0.39 is 5.97 Å². The lowest BCUT2D eigenvalue weighted by Gasteiger charge is -2.12. The molecule has 2 aromatic carbocycles. The number of aryl methyl sites for hydroxylation is 3. The summed E-state index contributed by atoms with van der Waals surface area (Å²) in [4.78, 5) is 16.0. The van der Waals surface area contributed by atoms with E-state index in [0.29, 0.717) is 17.1 Å². The molecule has 0 unspecified atom stereocenters. The van der Waals surface area contributed by atoms with Crippen molar-refractivity contribution in [2.75, 3.05) is 6.61 Å². The van der Waals surface area contributed by atoms with E-state index in [0.717, 1.165) is 16.7 Å². The van der Waals surface area contributed by atoms with Gasteiger partial charge in [-0.25, -0.2) is 9.18 Å². The third-order valence-electron chi connectivity index (χ3n) is 3.87. The molecule has 0 spiro atoms. The first-order valence-electron chi connectivity index (χ1n) is 8.37. The molecule has 3 rings (SSSR count). The molecule has 7 heteroatoms. The summed E-state index contributed by atoms with van der Waals surface area (Å²) in [6.45, 7) is 5.47. The van der Waals surface area contributed by atoms with Gasteiger partial charge in [0.2, 0.25) is 5.82 Å². The maximum Gasteiger partial charge on any atom is 0.344 e. The van der Waals surface area contributed by atoms with E-state index in [9.17, 15) is 9.18 Å². The lowest BCUT2D eigenvalue weighted by Crippen LogP contribution is -2.15. The molecule has 0 aliphatic rings. The number of esters is 1. The predicted octanol–water partition coefficient (Wildman–Crippen LogP) is 3.92. The van der Waals surface area contributed by atoms with Gasteiger partial charge in [0.25, 0.3) is 5.89 Å². The summed E-state index contributed by atoms with van der Waals surface area (Å²) >= 11 is 0. The van der Waals surface area contributed by atoms with Crippen LogP contribution in [0.25, 0.3) is 11.4 Å². The summed E-state index contributed by atoms with van der Waals surface area (Å²) in [7, 11) is 0. The monoisotopic (exact) mass is 370 g/mol. The van der Waals surface area contributed by atoms with Gasteiger partial charge in [-0.1, -0.05) is 22.9 Å². The Morgan fingerprint density at radius 2 is 1.78 bits per heavy atom. The van der Waals surface area contributed by atoms with Crippen molar-refractivity contribution in [3.8, 4) is 17.1 Å². The van der Waals surface area contributed by atoms with Crippen LogP contribution in [-0.2, 0) is 16.1 Å². The molecule has 0 fully saturated rings. The lowest BCUT2D eigenvalue weighted by atomic mass is 10.1. The van der Waals surface area contributed by atoms with Crippen LogP contribution in [0.4, 0.5) is 4.39 Å². The smallest absolute Gasteiger partial charge is 0.344 e. The number of ether oxygens (including phenoxy) is 2. The molecular weight excluding hydrogens is 351 g/mol. The van der Waals surface area contributed by atoms with Crippen molar-refractivity contribution in [2.45, 2.75) is 27.4 Å². The molecule has 1 heterocycles. The highest BCUT2D eigenvalue weighted by Gasteiger charge is 2.13. The van der Waals surface area contributed by atoms with Crippen LogP contribution in [-0.4, -0.2) is 22.7 Å². The molecule has 0 atom stereocenters. The van der Waals surface area contributed by atoms with Crippen molar-refractivity contribution in [3.05, 3.63) is 64.8 Å². The van der Waals surface area contributed by atoms with Gasteiger partial charge in [0.1, 0.15) is 11.6 Å². The quantitative estimate of drug-likeness (QED) is 0.612. The fourth-order valence-electron chi connectivity index (χ4n) is 2.74. The molecule has 3 aromatic rings. The van der Waals surface area contributed by atoms with Gasteiger partial charge in [-0.2, -0.15) is 4.98 Å². The first-order valence-corrected chi connectivity index (χ1v) is 8.37. The van der Waals surface area contributed by atoms with Crippen molar-refractivity contribution in [3.63, 3.8) is 0 Å². The average Bonchev–Trinajstić information content (AvgIpc) is 3.08. The summed E-state index contributed by atoms with van der Waals surface area (Å²) < 4.78 is 28.7. The second-order valence-corrected chi connectivity index (χ2v) is 6.20. The average molecular weight is 370 g/mol. The van der Waals surface area contributed by atoms with E-state index in [2.05, 4.69) is 10.1 Å². The number of rotatable bonds is 6. The Kier molecular flexibility index (Phi) is 5.49. The zero-order valence-electron chi connectivity index (χ0n) is 15.3. The van der Waals surface area contributed by atoms with Crippen molar-refractivity contribution < 1.29 is 23.2 Å². The lowest BCUT2D eigenvalue weighted by molar-refractivity contribution is -0.148. The van der Waals surface area contributed by atoms with Gasteiger partial charge in [0, 0.05) is 5.56 Å². The Morgan fingerprint density at radius 1 is 1.11 bits per heavy atom. The standard InChI is InChI=1S/C20H19FN2O4/c1-12-8-13(2)19(14(3)9-12)26-11-18(24)25-10-17-22-20(23-27-17)15-4-6-16(21)7-5-15/h4-9H,10-11H2,1-3H3. The Bertz CT molecular complexity index is 928. The Labute approximate surface area is 155 Å². The summed E-state index contributed by atoms with van der Waals surface area (Å²) in [5.41, 5.74) is 3.65. The molecule has 0 radical (unpaired) electrons. The molecule has 0 bridgehead atoms. The summed E-state index contributed by atoms with van der Waals surface area (Å²) in [6.07, 6.45) is 0. The number of carbonyl (C=O) groups excluding carboxylic acids is 1. The molecule has 1 aromatic heterocycles. The van der Waals surface area contributed by atoms with Crippen LogP contribution in [0.5, 0.6) is 5.75 Å². The van der Waals surface area contributed by atoms with Crippen molar-refractivity contribution in [1.82, 2.24) is 10.1 Å². The fraction of sp³-hybridized carbons (Fsp3) is 0.250. The number of nitrogens with zero attached hydrogens (tertiary/aromatic N) is 2. The number of benzene rings is 2. The van der Waals surface area contributed by atoms with Gasteiger partial charge in [-0.15, -0.1) is 0 Å². The molecule has 0 saturated heterocycles. The summed E-state index contributed by atoms with van der Waals surface area (Å²) in [6, 6.07) is 9.66. The highest BCUT2D eigenvalue weighted by atomic mass is 19.1. The number of halogens is 1. The Balaban J connectivity index is 1.53. The summed E-state index contributed by atoms with van der Waals surface area (Å²) in [5, 5.41) is 3.79. The largest absolute Gasteiger partial charge is 0.481 e. The molecule has 27 heavy (non-hydrogen) atoms. The maximum absolute atomic E-state index is 12.9. The first kappa shape index (κ1) is 18.6. The van der Waals surface area contributed by atoms with Crippen LogP contribution in [0, 0.1) is 26.6 Å². The molecule has 0 saturated carbocycles. The molecule has 0 amide bonds. The Hall–Kier alpha value is -3.22. The van der Waals surface area contributed by atoms with Crippen LogP contribution >= 0.6 is 0 Å². The maximum atomic E-state index is 12.9. The number of carbonyl (C=O) groups is 1. The third-order valence-corrected chi connectivity index (χ3v) is 3.87. The van der Waals surface area contributed by atoms with Crippen molar-refractivity contribution in [1.29, 1.82) is 0 Å². The van der Waals surface area contributed by atoms with Crippen LogP contribution in [0.3, 0.4) is 0 Å². The normalized spacial score (nSPS) is 10.7. The van der Waals surface area contributed by atoms with Crippen molar-refractivity contribution >= 4 is 5.97 Å². The zero-order valence-corrected chi connectivity index (χ0v) is 15.3. The first-order chi connectivity index (χ1) is 12.9. The molecule has 140 valence electrons. The molecule has 0 aliphatic heterocycles. The second kappa shape index (κ2) is 7.99. The minimum atomic E-state index is -0.545. The van der Waals surface area contributed by atoms with Gasteiger partial charge in [-0.3, -0.25) is 0 Å². The fourth-order valence-corrected chi connectivity index (χ4v) is 2.74. The van der Waals surface area contributed by atoms with Crippen LogP contribution in [0.1, 0.15) is 22.6 Å². The van der Waals surface area contributed by atoms with Gasteiger partial charge < -0.3 is 14.0 Å². The zero-order chi connectivity index (χ0) is 19.4. The van der Waals surface area contributed by atoms with E-state index >= 15 is 0 Å². The number of hydrogen-bond acceptors (Lipinski definition) is 6. The molecule has 6 nitrogen and oxygen atoms in total. The minimum Gasteiger partial charge on any atom is -0.481 e. The summed E-state index contributed by atoms with van der Waals surface area (Å²) in [5.74, 6) is 0.217. The molecule has 0 N–H and O–H groups in total. The minimum absolute atomic E-state index is 0.144. The van der Waals surface area contributed by atoms with E-state index in [-0.39, 0.29) is 24.9 Å². The van der Waals surface area contributed by atoms with E-state index in [1.165, 1.54) is 24.3 Å². The highest BCUT2D eigenvalue weighted by Crippen LogP contribution is 2.24. The van der Waals surface area contributed by atoms with Crippen LogP contribution in [0.15, 0.2) is 40.9 Å². The van der Waals surface area contributed by atoms with Crippen LogP contribution < -0.4 is 4.74 Å². The molecular formula is C20H19FN2O4. The van der Waals surface area contributed by atoms with E-state index in [1.807, 2.05) is 32.9 Å². The second-order valence-electron chi connectivity index (χ2n) is 6.20. The van der Waals surface area contributed by atoms with Crippen LogP contribution in [0.2, 0.25) is 0 Å². The van der Waals surface area contributed by atoms with Gasteiger partial charge in [-0.05, 0) is 56.2 Å². The Morgan fingerprint density at radius 3 is 2.44 bits per heavy atom. The van der Waals surface area contributed by atoms with E-state index in [1.54, 1.807) is 0 Å². The van der Waals surface area contributed by atoms with E-state index in [4.69, 9.17) is 14.0 Å². The van der Waals surface area contributed by atoms with Gasteiger partial charge in [0.05, 0.1) is 0 Å².